The second-order valence-corrected chi connectivity index (χ2v) is 5.54. The first-order valence-corrected chi connectivity index (χ1v) is 7.38. The lowest BCUT2D eigenvalue weighted by Crippen LogP contribution is -2.22. The van der Waals surface area contributed by atoms with Crippen molar-refractivity contribution in [3.05, 3.63) is 52.8 Å². The topological polar surface area (TPSA) is 29.9 Å². The Morgan fingerprint density at radius 3 is 2.60 bits per heavy atom. The first-order valence-electron chi connectivity index (χ1n) is 7.38. The van der Waals surface area contributed by atoms with Gasteiger partial charge in [0.15, 0.2) is 0 Å². The molecule has 0 bridgehead atoms. The fraction of sp³-hybridized carbons (Fsp3) is 0.471. The van der Waals surface area contributed by atoms with Crippen molar-refractivity contribution in [2.45, 2.75) is 46.7 Å². The second-order valence-electron chi connectivity index (χ2n) is 5.54. The molecule has 1 heterocycles. The molecule has 1 N–H and O–H groups in total. The Labute approximate surface area is 122 Å². The highest BCUT2D eigenvalue weighted by Crippen LogP contribution is 2.16. The van der Waals surface area contributed by atoms with Gasteiger partial charge in [-0.05, 0) is 57.9 Å². The standard InChI is InChI=1S/C17H25N3/c1-13-8-5-6-9-17(13)16(4)18-10-7-11-20-15(3)12-14(2)19-20/h5-6,8-9,12,16,18H,7,10-11H2,1-4H3. The maximum atomic E-state index is 4.49. The number of aromatic nitrogens is 2. The molecule has 0 saturated heterocycles. The number of nitrogens with zero attached hydrogens (tertiary/aromatic N) is 2. The Balaban J connectivity index is 1.79. The molecule has 3 nitrogen and oxygen atoms in total. The number of aryl methyl sites for hydroxylation is 4. The molecule has 1 atom stereocenters. The lowest BCUT2D eigenvalue weighted by atomic mass is 10.0. The van der Waals surface area contributed by atoms with Crippen LogP contribution >= 0.6 is 0 Å². The zero-order valence-corrected chi connectivity index (χ0v) is 13.0. The highest BCUT2D eigenvalue weighted by atomic mass is 15.3. The van der Waals surface area contributed by atoms with Crippen LogP contribution in [0.25, 0.3) is 0 Å². The van der Waals surface area contributed by atoms with Gasteiger partial charge < -0.3 is 5.32 Å². The SMILES string of the molecule is Cc1cc(C)n(CCCNC(C)c2ccccc2C)n1. The normalized spacial score (nSPS) is 12.6. The van der Waals surface area contributed by atoms with Crippen molar-refractivity contribution in [1.29, 1.82) is 0 Å². The molecule has 0 fully saturated rings. The van der Waals surface area contributed by atoms with Gasteiger partial charge in [-0.1, -0.05) is 24.3 Å². The van der Waals surface area contributed by atoms with Crippen LogP contribution in [-0.2, 0) is 6.54 Å². The molecule has 1 aromatic carbocycles. The van der Waals surface area contributed by atoms with Gasteiger partial charge >= 0.3 is 0 Å². The first-order chi connectivity index (χ1) is 9.58. The van der Waals surface area contributed by atoms with Crippen molar-refractivity contribution in [1.82, 2.24) is 15.1 Å². The summed E-state index contributed by atoms with van der Waals surface area (Å²) in [6, 6.07) is 11.1. The second kappa shape index (κ2) is 6.71. The molecule has 0 spiro atoms. The van der Waals surface area contributed by atoms with E-state index in [1.807, 2.05) is 6.92 Å². The number of rotatable bonds is 6. The average Bonchev–Trinajstić information content (AvgIpc) is 2.73. The van der Waals surface area contributed by atoms with Crippen LogP contribution in [0, 0.1) is 20.8 Å². The summed E-state index contributed by atoms with van der Waals surface area (Å²) in [5.41, 5.74) is 5.09. The van der Waals surface area contributed by atoms with Crippen LogP contribution in [0.3, 0.4) is 0 Å². The van der Waals surface area contributed by atoms with Crippen molar-refractivity contribution in [3.8, 4) is 0 Å². The van der Waals surface area contributed by atoms with Gasteiger partial charge in [-0.2, -0.15) is 5.10 Å². The summed E-state index contributed by atoms with van der Waals surface area (Å²) in [7, 11) is 0. The van der Waals surface area contributed by atoms with Gasteiger partial charge in [0.2, 0.25) is 0 Å². The summed E-state index contributed by atoms with van der Waals surface area (Å²) in [6.07, 6.45) is 1.10. The predicted molar refractivity (Wildman–Crippen MR) is 83.9 cm³/mol. The van der Waals surface area contributed by atoms with E-state index >= 15 is 0 Å². The summed E-state index contributed by atoms with van der Waals surface area (Å²) in [6.45, 7) is 10.5. The van der Waals surface area contributed by atoms with E-state index in [1.54, 1.807) is 0 Å². The molecule has 0 aliphatic carbocycles. The van der Waals surface area contributed by atoms with E-state index in [-0.39, 0.29) is 0 Å². The quantitative estimate of drug-likeness (QED) is 0.814. The van der Waals surface area contributed by atoms with Crippen molar-refractivity contribution < 1.29 is 0 Å². The van der Waals surface area contributed by atoms with E-state index in [2.05, 4.69) is 66.2 Å². The van der Waals surface area contributed by atoms with Crippen LogP contribution in [-0.4, -0.2) is 16.3 Å². The molecule has 1 unspecified atom stereocenters. The zero-order chi connectivity index (χ0) is 14.5. The summed E-state index contributed by atoms with van der Waals surface area (Å²) in [4.78, 5) is 0. The molecule has 0 aliphatic rings. The zero-order valence-electron chi connectivity index (χ0n) is 13.0. The highest BCUT2D eigenvalue weighted by Gasteiger charge is 2.06. The third-order valence-electron chi connectivity index (χ3n) is 3.76. The summed E-state index contributed by atoms with van der Waals surface area (Å²) >= 11 is 0. The van der Waals surface area contributed by atoms with Crippen LogP contribution in [0.1, 0.15) is 41.9 Å². The molecule has 2 aromatic rings. The monoisotopic (exact) mass is 271 g/mol. The Morgan fingerprint density at radius 2 is 1.95 bits per heavy atom. The minimum absolute atomic E-state index is 0.400. The van der Waals surface area contributed by atoms with E-state index in [0.717, 1.165) is 25.2 Å². The molecule has 20 heavy (non-hydrogen) atoms. The summed E-state index contributed by atoms with van der Waals surface area (Å²) in [5, 5.41) is 8.08. The van der Waals surface area contributed by atoms with E-state index in [0.29, 0.717) is 6.04 Å². The van der Waals surface area contributed by atoms with Crippen molar-refractivity contribution in [3.63, 3.8) is 0 Å². The highest BCUT2D eigenvalue weighted by molar-refractivity contribution is 5.28. The summed E-state index contributed by atoms with van der Waals surface area (Å²) < 4.78 is 2.09. The minimum Gasteiger partial charge on any atom is -0.310 e. The van der Waals surface area contributed by atoms with E-state index < -0.39 is 0 Å². The Bertz CT molecular complexity index is 557. The fourth-order valence-corrected chi connectivity index (χ4v) is 2.63. The fourth-order valence-electron chi connectivity index (χ4n) is 2.63. The lowest BCUT2D eigenvalue weighted by Gasteiger charge is -2.16. The Morgan fingerprint density at radius 1 is 1.20 bits per heavy atom. The molecule has 1 aromatic heterocycles. The van der Waals surface area contributed by atoms with Gasteiger partial charge in [0, 0.05) is 18.3 Å². The molecule has 0 saturated carbocycles. The maximum Gasteiger partial charge on any atom is 0.0596 e. The largest absolute Gasteiger partial charge is 0.310 e. The van der Waals surface area contributed by atoms with Crippen LogP contribution < -0.4 is 5.32 Å². The number of benzene rings is 1. The van der Waals surface area contributed by atoms with Crippen molar-refractivity contribution in [2.75, 3.05) is 6.54 Å². The van der Waals surface area contributed by atoms with Gasteiger partial charge in [-0.25, -0.2) is 0 Å². The predicted octanol–water partition coefficient (Wildman–Crippen LogP) is 3.55. The first kappa shape index (κ1) is 14.8. The molecule has 3 heteroatoms. The maximum absolute atomic E-state index is 4.49. The van der Waals surface area contributed by atoms with Crippen LogP contribution in [0.5, 0.6) is 0 Å². The lowest BCUT2D eigenvalue weighted by molar-refractivity contribution is 0.499. The van der Waals surface area contributed by atoms with Crippen molar-refractivity contribution >= 4 is 0 Å². The van der Waals surface area contributed by atoms with Gasteiger partial charge in [0.05, 0.1) is 5.69 Å². The molecular weight excluding hydrogens is 246 g/mol. The Hall–Kier alpha value is -1.61. The smallest absolute Gasteiger partial charge is 0.0596 e. The van der Waals surface area contributed by atoms with Crippen LogP contribution in [0.15, 0.2) is 30.3 Å². The average molecular weight is 271 g/mol. The molecule has 0 aliphatic heterocycles. The van der Waals surface area contributed by atoms with Gasteiger partial charge in [-0.15, -0.1) is 0 Å². The van der Waals surface area contributed by atoms with E-state index in [4.69, 9.17) is 0 Å². The van der Waals surface area contributed by atoms with Crippen molar-refractivity contribution in [2.24, 2.45) is 0 Å². The van der Waals surface area contributed by atoms with E-state index in [9.17, 15) is 0 Å². The molecular formula is C17H25N3. The number of hydrogen-bond acceptors (Lipinski definition) is 2. The number of nitrogens with one attached hydrogen (secondary N) is 1. The third-order valence-corrected chi connectivity index (χ3v) is 3.76. The summed E-state index contributed by atoms with van der Waals surface area (Å²) in [5.74, 6) is 0. The van der Waals surface area contributed by atoms with Crippen LogP contribution in [0.2, 0.25) is 0 Å². The van der Waals surface area contributed by atoms with Gasteiger partial charge in [-0.3, -0.25) is 4.68 Å². The van der Waals surface area contributed by atoms with Crippen LogP contribution in [0.4, 0.5) is 0 Å². The number of hydrogen-bond donors (Lipinski definition) is 1. The molecule has 108 valence electrons. The minimum atomic E-state index is 0.400. The van der Waals surface area contributed by atoms with Gasteiger partial charge in [0.25, 0.3) is 0 Å². The molecule has 2 rings (SSSR count). The van der Waals surface area contributed by atoms with E-state index in [1.165, 1.54) is 16.8 Å². The molecule has 0 amide bonds. The molecule has 0 radical (unpaired) electrons. The van der Waals surface area contributed by atoms with Gasteiger partial charge in [0.1, 0.15) is 0 Å². The Kier molecular flexibility index (Phi) is 4.96. The third kappa shape index (κ3) is 3.70.